The summed E-state index contributed by atoms with van der Waals surface area (Å²) in [5.74, 6) is 3.39. The number of hydrogen-bond acceptors (Lipinski definition) is 4. The molecule has 0 amide bonds. The van der Waals surface area contributed by atoms with Gasteiger partial charge in [0.1, 0.15) is 0 Å². The Kier molecular flexibility index (Phi) is 14.9. The normalized spacial score (nSPS) is 11.8. The molecule has 0 radical (unpaired) electrons. The van der Waals surface area contributed by atoms with Crippen LogP contribution in [-0.4, -0.2) is 26.4 Å². The number of rotatable bonds is 25. The van der Waals surface area contributed by atoms with Crippen molar-refractivity contribution in [1.82, 2.24) is 0 Å². The average molecular weight is 779 g/mol. The van der Waals surface area contributed by atoms with Crippen molar-refractivity contribution in [3.8, 4) is 56.4 Å². The first kappa shape index (κ1) is 41.5. The van der Waals surface area contributed by atoms with Crippen LogP contribution in [0, 0.1) is 0 Å². The molecule has 0 fully saturated rings. The highest BCUT2D eigenvalue weighted by molar-refractivity contribution is 6.33. The van der Waals surface area contributed by atoms with E-state index in [1.807, 2.05) is 0 Å². The summed E-state index contributed by atoms with van der Waals surface area (Å²) in [6.07, 6.45) is 18.7. The maximum Gasteiger partial charge on any atom is 0.161 e. The Bertz CT molecular complexity index is 2210. The summed E-state index contributed by atoms with van der Waals surface area (Å²) in [6, 6.07) is 31.5. The molecule has 0 unspecified atom stereocenters. The molecule has 0 heterocycles. The van der Waals surface area contributed by atoms with E-state index >= 15 is 0 Å². The molecule has 4 nitrogen and oxygen atoms in total. The second-order valence-electron chi connectivity index (χ2n) is 16.3. The molecule has 6 aromatic carbocycles. The van der Waals surface area contributed by atoms with Gasteiger partial charge in [-0.05, 0) is 122 Å². The van der Waals surface area contributed by atoms with Crippen LogP contribution in [0.2, 0.25) is 0 Å². The van der Waals surface area contributed by atoms with Gasteiger partial charge in [0.05, 0.1) is 26.4 Å². The number of benzene rings is 6. The van der Waals surface area contributed by atoms with Crippen LogP contribution in [0.1, 0.15) is 130 Å². The van der Waals surface area contributed by atoms with Crippen LogP contribution in [0.4, 0.5) is 0 Å². The van der Waals surface area contributed by atoms with Gasteiger partial charge in [-0.3, -0.25) is 0 Å². The van der Waals surface area contributed by atoms with E-state index in [4.69, 9.17) is 18.9 Å². The number of unbranched alkanes of at least 4 members (excludes halogenated alkanes) is 12. The van der Waals surface area contributed by atoms with Crippen LogP contribution in [-0.2, 0) is 0 Å². The van der Waals surface area contributed by atoms with Crippen LogP contribution in [0.5, 0.6) is 23.0 Å². The van der Waals surface area contributed by atoms with Gasteiger partial charge in [0.15, 0.2) is 23.0 Å². The Morgan fingerprint density at radius 3 is 1.29 bits per heavy atom. The monoisotopic (exact) mass is 778 g/mol. The van der Waals surface area contributed by atoms with Crippen molar-refractivity contribution >= 4 is 32.3 Å². The summed E-state index contributed by atoms with van der Waals surface area (Å²) in [6.45, 7) is 11.8. The zero-order valence-electron chi connectivity index (χ0n) is 35.9. The van der Waals surface area contributed by atoms with Crippen molar-refractivity contribution < 1.29 is 18.9 Å². The van der Waals surface area contributed by atoms with Gasteiger partial charge in [0, 0.05) is 0 Å². The van der Waals surface area contributed by atoms with E-state index in [-0.39, 0.29) is 0 Å². The standard InChI is InChI=1S/C54H66O4/c1-5-9-13-21-31-55-47-30-29-40(36-48(47)56-32-22-14-10-6-2)51-42-27-19-20-28-43(42)53-45-38-50(58-34-24-16-12-8-4)49(57-33-23-15-11-7-3)37-44(45)52-41-26-18-17-25-39(41)35-46(51)54(52)53/h17-20,25-30,35-38H,5-16,21-24,31-34H2,1-4H3. The lowest BCUT2D eigenvalue weighted by Gasteiger charge is -2.19. The molecule has 6 aromatic rings. The maximum atomic E-state index is 6.65. The zero-order chi connectivity index (χ0) is 40.1. The predicted molar refractivity (Wildman–Crippen MR) is 247 cm³/mol. The molecular formula is C54H66O4. The Morgan fingerprint density at radius 2 is 0.776 bits per heavy atom. The van der Waals surface area contributed by atoms with Gasteiger partial charge >= 0.3 is 0 Å². The third-order valence-corrected chi connectivity index (χ3v) is 11.9. The number of hydrogen-bond donors (Lipinski definition) is 0. The minimum Gasteiger partial charge on any atom is -0.490 e. The molecule has 0 spiro atoms. The number of ether oxygens (including phenoxy) is 4. The summed E-state index contributed by atoms with van der Waals surface area (Å²) in [5, 5.41) is 7.54. The Balaban J connectivity index is 1.38. The third-order valence-electron chi connectivity index (χ3n) is 11.9. The van der Waals surface area contributed by atoms with Gasteiger partial charge in [0.25, 0.3) is 0 Å². The van der Waals surface area contributed by atoms with Gasteiger partial charge in [-0.2, -0.15) is 0 Å². The molecule has 0 bridgehead atoms. The smallest absolute Gasteiger partial charge is 0.161 e. The second kappa shape index (κ2) is 20.8. The van der Waals surface area contributed by atoms with E-state index in [0.29, 0.717) is 26.4 Å². The molecule has 306 valence electrons. The van der Waals surface area contributed by atoms with Gasteiger partial charge in [-0.25, -0.2) is 0 Å². The Morgan fingerprint density at radius 1 is 0.345 bits per heavy atom. The lowest BCUT2D eigenvalue weighted by atomic mass is 9.86. The Labute approximate surface area is 348 Å². The van der Waals surface area contributed by atoms with Crippen molar-refractivity contribution in [1.29, 1.82) is 0 Å². The fraction of sp³-hybridized carbons (Fsp3) is 0.444. The minimum atomic E-state index is 0.687. The van der Waals surface area contributed by atoms with Crippen molar-refractivity contribution in [2.45, 2.75) is 130 Å². The van der Waals surface area contributed by atoms with Gasteiger partial charge < -0.3 is 18.9 Å². The minimum absolute atomic E-state index is 0.687. The second-order valence-corrected chi connectivity index (χ2v) is 16.3. The van der Waals surface area contributed by atoms with Crippen LogP contribution >= 0.6 is 0 Å². The van der Waals surface area contributed by atoms with Crippen molar-refractivity contribution in [2.24, 2.45) is 0 Å². The SMILES string of the molecule is CCCCCCOc1ccc(-c2c3ccccc3c3c4c(c5ccccc5cc24)-c2cc(OCCCCCC)c(OCCCCCC)cc2-3)cc1OCCCCCC. The highest BCUT2D eigenvalue weighted by atomic mass is 16.5. The van der Waals surface area contributed by atoms with E-state index in [9.17, 15) is 0 Å². The van der Waals surface area contributed by atoms with Crippen LogP contribution in [0.15, 0.2) is 84.9 Å². The molecule has 0 aromatic heterocycles. The third kappa shape index (κ3) is 9.27. The summed E-state index contributed by atoms with van der Waals surface area (Å²) >= 11 is 0. The summed E-state index contributed by atoms with van der Waals surface area (Å²) < 4.78 is 26.4. The van der Waals surface area contributed by atoms with E-state index < -0.39 is 0 Å². The first-order valence-corrected chi connectivity index (χ1v) is 22.9. The molecule has 58 heavy (non-hydrogen) atoms. The summed E-state index contributed by atoms with van der Waals surface area (Å²) in [4.78, 5) is 0. The predicted octanol–water partition coefficient (Wildman–Crippen LogP) is 16.3. The first-order chi connectivity index (χ1) is 28.7. The van der Waals surface area contributed by atoms with E-state index in [0.717, 1.165) is 54.2 Å². The van der Waals surface area contributed by atoms with Gasteiger partial charge in [0.2, 0.25) is 0 Å². The van der Waals surface area contributed by atoms with Crippen LogP contribution < -0.4 is 18.9 Å². The maximum absolute atomic E-state index is 6.65. The lowest BCUT2D eigenvalue weighted by Crippen LogP contribution is -2.03. The van der Waals surface area contributed by atoms with Gasteiger partial charge in [-0.15, -0.1) is 0 Å². The molecule has 0 aliphatic heterocycles. The van der Waals surface area contributed by atoms with Crippen LogP contribution in [0.3, 0.4) is 0 Å². The first-order valence-electron chi connectivity index (χ1n) is 22.9. The number of fused-ring (bicyclic) bond motifs is 7. The van der Waals surface area contributed by atoms with Crippen LogP contribution in [0.25, 0.3) is 65.7 Å². The largest absolute Gasteiger partial charge is 0.490 e. The molecule has 0 saturated heterocycles. The van der Waals surface area contributed by atoms with Crippen molar-refractivity contribution in [3.63, 3.8) is 0 Å². The summed E-state index contributed by atoms with van der Waals surface area (Å²) in [5.41, 5.74) is 7.41. The fourth-order valence-electron chi connectivity index (χ4n) is 8.81. The molecule has 0 saturated carbocycles. The molecule has 7 rings (SSSR count). The summed E-state index contributed by atoms with van der Waals surface area (Å²) in [7, 11) is 0. The molecule has 1 aliphatic carbocycles. The van der Waals surface area contributed by atoms with E-state index in [1.165, 1.54) is 137 Å². The topological polar surface area (TPSA) is 36.9 Å². The zero-order valence-corrected chi connectivity index (χ0v) is 35.9. The fourth-order valence-corrected chi connectivity index (χ4v) is 8.81. The highest BCUT2D eigenvalue weighted by Crippen LogP contribution is 2.58. The molecule has 0 N–H and O–H groups in total. The molecule has 0 atom stereocenters. The van der Waals surface area contributed by atoms with Crippen molar-refractivity contribution in [2.75, 3.05) is 26.4 Å². The molecule has 1 aliphatic rings. The molecule has 4 heteroatoms. The quantitative estimate of drug-likeness (QED) is 0.0428. The Hall–Kier alpha value is -4.70. The van der Waals surface area contributed by atoms with Crippen molar-refractivity contribution in [3.05, 3.63) is 84.9 Å². The van der Waals surface area contributed by atoms with E-state index in [2.05, 4.69) is 113 Å². The molecular weight excluding hydrogens is 713 g/mol. The lowest BCUT2D eigenvalue weighted by molar-refractivity contribution is 0.259. The van der Waals surface area contributed by atoms with Gasteiger partial charge in [-0.1, -0.05) is 159 Å². The average Bonchev–Trinajstić information content (AvgIpc) is 3.58. The van der Waals surface area contributed by atoms with E-state index in [1.54, 1.807) is 0 Å². The highest BCUT2D eigenvalue weighted by Gasteiger charge is 2.30.